The molecule has 6 heteroatoms. The number of thiophene rings is 1. The summed E-state index contributed by atoms with van der Waals surface area (Å²) in [5.74, 6) is -0.671. The van der Waals surface area contributed by atoms with Crippen LogP contribution in [0.25, 0.3) is 0 Å². The van der Waals surface area contributed by atoms with Crippen LogP contribution in [0.1, 0.15) is 36.7 Å². The van der Waals surface area contributed by atoms with E-state index in [0.717, 1.165) is 0 Å². The SMILES string of the molecule is CN(CC(=O)Nc1cccc2c1C(=O)c1ccccc1C2=O)Cc1cccs1. The summed E-state index contributed by atoms with van der Waals surface area (Å²) in [6.07, 6.45) is 0. The molecule has 0 bridgehead atoms. The number of likely N-dealkylation sites (N-methyl/N-ethyl adjacent to an activating group) is 1. The molecule has 28 heavy (non-hydrogen) atoms. The zero-order valence-corrected chi connectivity index (χ0v) is 16.1. The fraction of sp³-hybridized carbons (Fsp3) is 0.136. The van der Waals surface area contributed by atoms with E-state index < -0.39 is 0 Å². The summed E-state index contributed by atoms with van der Waals surface area (Å²) in [5.41, 5.74) is 1.74. The topological polar surface area (TPSA) is 66.5 Å². The first-order valence-corrected chi connectivity index (χ1v) is 9.75. The molecule has 1 N–H and O–H groups in total. The van der Waals surface area contributed by atoms with Crippen molar-refractivity contribution >= 4 is 34.5 Å². The lowest BCUT2D eigenvalue weighted by Gasteiger charge is -2.21. The molecule has 5 nitrogen and oxygen atoms in total. The van der Waals surface area contributed by atoms with Crippen LogP contribution in [0.15, 0.2) is 60.0 Å². The summed E-state index contributed by atoms with van der Waals surface area (Å²) >= 11 is 1.64. The number of benzene rings is 2. The van der Waals surface area contributed by atoms with Crippen molar-refractivity contribution in [2.75, 3.05) is 18.9 Å². The third kappa shape index (κ3) is 3.40. The average molecular weight is 390 g/mol. The van der Waals surface area contributed by atoms with E-state index in [9.17, 15) is 14.4 Å². The van der Waals surface area contributed by atoms with Crippen molar-refractivity contribution in [2.24, 2.45) is 0 Å². The van der Waals surface area contributed by atoms with Gasteiger partial charge in [-0.3, -0.25) is 19.3 Å². The molecule has 0 fully saturated rings. The van der Waals surface area contributed by atoms with Crippen LogP contribution in [0, 0.1) is 0 Å². The van der Waals surface area contributed by atoms with Crippen LogP contribution in [-0.4, -0.2) is 36.0 Å². The van der Waals surface area contributed by atoms with Crippen LogP contribution in [0.3, 0.4) is 0 Å². The number of hydrogen-bond donors (Lipinski definition) is 1. The summed E-state index contributed by atoms with van der Waals surface area (Å²) < 4.78 is 0. The monoisotopic (exact) mass is 390 g/mol. The number of carbonyl (C=O) groups excluding carboxylic acids is 3. The molecule has 0 spiro atoms. The Labute approximate surface area is 166 Å². The van der Waals surface area contributed by atoms with E-state index in [-0.39, 0.29) is 29.6 Å². The Morgan fingerprint density at radius 3 is 2.36 bits per heavy atom. The van der Waals surface area contributed by atoms with Gasteiger partial charge in [-0.05, 0) is 24.6 Å². The highest BCUT2D eigenvalue weighted by Gasteiger charge is 2.31. The van der Waals surface area contributed by atoms with Crippen molar-refractivity contribution in [1.82, 2.24) is 4.90 Å². The van der Waals surface area contributed by atoms with Gasteiger partial charge in [0.25, 0.3) is 0 Å². The summed E-state index contributed by atoms with van der Waals surface area (Å²) in [4.78, 5) is 41.4. The molecule has 0 aliphatic heterocycles. The standard InChI is InChI=1S/C22H18N2O3S/c1-24(12-14-6-5-11-28-14)13-19(25)23-18-10-4-9-17-20(18)22(27)16-8-3-2-7-15(16)21(17)26/h2-11H,12-13H2,1H3,(H,23,25). The minimum absolute atomic E-state index is 0.181. The van der Waals surface area contributed by atoms with E-state index >= 15 is 0 Å². The fourth-order valence-electron chi connectivity index (χ4n) is 3.41. The summed E-state index contributed by atoms with van der Waals surface area (Å²) in [6.45, 7) is 0.850. The van der Waals surface area contributed by atoms with Gasteiger partial charge in [0.1, 0.15) is 0 Å². The van der Waals surface area contributed by atoms with E-state index in [1.807, 2.05) is 29.5 Å². The Hall–Kier alpha value is -3.09. The van der Waals surface area contributed by atoms with Crippen molar-refractivity contribution in [3.63, 3.8) is 0 Å². The quantitative estimate of drug-likeness (QED) is 0.566. The molecule has 1 heterocycles. The number of hydrogen-bond acceptors (Lipinski definition) is 5. The van der Waals surface area contributed by atoms with Gasteiger partial charge in [-0.15, -0.1) is 11.3 Å². The molecule has 1 aromatic heterocycles. The van der Waals surface area contributed by atoms with Gasteiger partial charge < -0.3 is 5.32 Å². The number of rotatable bonds is 5. The van der Waals surface area contributed by atoms with Crippen LogP contribution in [-0.2, 0) is 11.3 Å². The van der Waals surface area contributed by atoms with E-state index in [4.69, 9.17) is 0 Å². The van der Waals surface area contributed by atoms with Gasteiger partial charge in [-0.25, -0.2) is 0 Å². The lowest BCUT2D eigenvalue weighted by Crippen LogP contribution is -2.31. The third-order valence-electron chi connectivity index (χ3n) is 4.65. The lowest BCUT2D eigenvalue weighted by atomic mass is 9.83. The summed E-state index contributed by atoms with van der Waals surface area (Å²) in [6, 6.07) is 15.7. The molecule has 1 aliphatic carbocycles. The molecular formula is C22H18N2O3S. The number of anilines is 1. The molecule has 140 valence electrons. The minimum atomic E-state index is -0.243. The van der Waals surface area contributed by atoms with Gasteiger partial charge in [0.05, 0.1) is 17.8 Å². The van der Waals surface area contributed by atoms with Gasteiger partial charge in [0.2, 0.25) is 5.91 Å². The van der Waals surface area contributed by atoms with E-state index in [1.165, 1.54) is 4.88 Å². The highest BCUT2D eigenvalue weighted by molar-refractivity contribution is 7.09. The molecule has 2 aromatic carbocycles. The molecule has 0 unspecified atom stereocenters. The number of fused-ring (bicyclic) bond motifs is 2. The molecular weight excluding hydrogens is 372 g/mol. The lowest BCUT2D eigenvalue weighted by molar-refractivity contribution is -0.117. The Morgan fingerprint density at radius 2 is 1.64 bits per heavy atom. The smallest absolute Gasteiger partial charge is 0.238 e. The minimum Gasteiger partial charge on any atom is -0.324 e. The first-order chi connectivity index (χ1) is 13.5. The molecule has 0 saturated carbocycles. The zero-order chi connectivity index (χ0) is 19.7. The second-order valence-electron chi connectivity index (χ2n) is 6.73. The predicted molar refractivity (Wildman–Crippen MR) is 109 cm³/mol. The van der Waals surface area contributed by atoms with Crippen LogP contribution in [0.2, 0.25) is 0 Å². The Kier molecular flexibility index (Phi) is 4.90. The zero-order valence-electron chi connectivity index (χ0n) is 15.3. The van der Waals surface area contributed by atoms with E-state index in [0.29, 0.717) is 28.9 Å². The maximum Gasteiger partial charge on any atom is 0.238 e. The van der Waals surface area contributed by atoms with Crippen molar-refractivity contribution in [3.05, 3.63) is 87.1 Å². The molecule has 4 rings (SSSR count). The Bertz CT molecular complexity index is 1070. The van der Waals surface area contributed by atoms with E-state index in [1.54, 1.807) is 53.8 Å². The second-order valence-corrected chi connectivity index (χ2v) is 7.76. The number of amides is 1. The molecule has 0 radical (unpaired) electrons. The molecule has 0 saturated heterocycles. The van der Waals surface area contributed by atoms with Gasteiger partial charge in [-0.1, -0.05) is 42.5 Å². The predicted octanol–water partition coefficient (Wildman–Crippen LogP) is 3.59. The maximum absolute atomic E-state index is 13.0. The molecule has 0 atom stereocenters. The van der Waals surface area contributed by atoms with Crippen molar-refractivity contribution in [2.45, 2.75) is 6.54 Å². The van der Waals surface area contributed by atoms with Gasteiger partial charge in [-0.2, -0.15) is 0 Å². The van der Waals surface area contributed by atoms with Crippen molar-refractivity contribution in [3.8, 4) is 0 Å². The Morgan fingerprint density at radius 1 is 0.929 bits per heavy atom. The van der Waals surface area contributed by atoms with Crippen LogP contribution in [0.5, 0.6) is 0 Å². The van der Waals surface area contributed by atoms with Crippen LogP contribution >= 0.6 is 11.3 Å². The number of nitrogens with zero attached hydrogens (tertiary/aromatic N) is 1. The highest BCUT2D eigenvalue weighted by atomic mass is 32.1. The first kappa shape index (κ1) is 18.3. The largest absolute Gasteiger partial charge is 0.324 e. The normalized spacial score (nSPS) is 12.6. The summed E-state index contributed by atoms with van der Waals surface area (Å²) in [5, 5.41) is 4.81. The molecule has 1 aliphatic rings. The average Bonchev–Trinajstić information content (AvgIpc) is 3.18. The maximum atomic E-state index is 13.0. The van der Waals surface area contributed by atoms with Crippen molar-refractivity contribution in [1.29, 1.82) is 0 Å². The van der Waals surface area contributed by atoms with Crippen LogP contribution < -0.4 is 5.32 Å². The first-order valence-electron chi connectivity index (χ1n) is 8.87. The number of nitrogens with one attached hydrogen (secondary N) is 1. The second kappa shape index (κ2) is 7.50. The molecule has 3 aromatic rings. The van der Waals surface area contributed by atoms with Crippen molar-refractivity contribution < 1.29 is 14.4 Å². The van der Waals surface area contributed by atoms with Gasteiger partial charge in [0, 0.05) is 28.1 Å². The Balaban J connectivity index is 1.56. The highest BCUT2D eigenvalue weighted by Crippen LogP contribution is 2.31. The van der Waals surface area contributed by atoms with E-state index in [2.05, 4.69) is 5.32 Å². The number of ketones is 2. The third-order valence-corrected chi connectivity index (χ3v) is 5.51. The van der Waals surface area contributed by atoms with Gasteiger partial charge >= 0.3 is 0 Å². The number of carbonyl (C=O) groups is 3. The van der Waals surface area contributed by atoms with Gasteiger partial charge in [0.15, 0.2) is 11.6 Å². The van der Waals surface area contributed by atoms with Crippen LogP contribution in [0.4, 0.5) is 5.69 Å². The molecule has 1 amide bonds. The summed E-state index contributed by atoms with van der Waals surface area (Å²) in [7, 11) is 1.87. The fourth-order valence-corrected chi connectivity index (χ4v) is 4.19.